The SMILES string of the molecule is CCn1c(=O)c(O)c(C(=O)N[C@H]2CC[C@@H](c3ccccc3)CC2)n(Cc2ccccc2)c1=O. The highest BCUT2D eigenvalue weighted by Crippen LogP contribution is 2.32. The molecule has 0 unspecified atom stereocenters. The van der Waals surface area contributed by atoms with Gasteiger partial charge in [-0.2, -0.15) is 0 Å². The molecule has 1 aliphatic carbocycles. The second-order valence-electron chi connectivity index (χ2n) is 8.53. The summed E-state index contributed by atoms with van der Waals surface area (Å²) in [5.41, 5.74) is 0.369. The predicted molar refractivity (Wildman–Crippen MR) is 127 cm³/mol. The minimum absolute atomic E-state index is 0.0780. The number of benzene rings is 2. The average molecular weight is 448 g/mol. The van der Waals surface area contributed by atoms with E-state index in [4.69, 9.17) is 0 Å². The molecule has 1 aliphatic rings. The van der Waals surface area contributed by atoms with Crippen molar-refractivity contribution < 1.29 is 9.90 Å². The fraction of sp³-hybridized carbons (Fsp3) is 0.346. The van der Waals surface area contributed by atoms with E-state index in [0.717, 1.165) is 35.8 Å². The third-order valence-electron chi connectivity index (χ3n) is 6.45. The summed E-state index contributed by atoms with van der Waals surface area (Å²) < 4.78 is 2.14. The maximum atomic E-state index is 13.2. The van der Waals surface area contributed by atoms with Crippen molar-refractivity contribution in [3.63, 3.8) is 0 Å². The number of nitrogens with one attached hydrogen (secondary N) is 1. The first-order valence-electron chi connectivity index (χ1n) is 11.5. The van der Waals surface area contributed by atoms with E-state index >= 15 is 0 Å². The Morgan fingerprint density at radius 2 is 1.55 bits per heavy atom. The van der Waals surface area contributed by atoms with Crippen LogP contribution in [-0.4, -0.2) is 26.2 Å². The van der Waals surface area contributed by atoms with Crippen molar-refractivity contribution in [2.24, 2.45) is 0 Å². The minimum Gasteiger partial charge on any atom is -0.501 e. The van der Waals surface area contributed by atoms with Crippen molar-refractivity contribution in [2.45, 2.75) is 57.7 Å². The van der Waals surface area contributed by atoms with Crippen molar-refractivity contribution >= 4 is 5.91 Å². The molecule has 1 aromatic heterocycles. The third-order valence-corrected chi connectivity index (χ3v) is 6.45. The van der Waals surface area contributed by atoms with Gasteiger partial charge in [-0.15, -0.1) is 0 Å². The molecule has 0 bridgehead atoms. The second-order valence-corrected chi connectivity index (χ2v) is 8.53. The lowest BCUT2D eigenvalue weighted by molar-refractivity contribution is 0.0910. The van der Waals surface area contributed by atoms with Gasteiger partial charge in [0.1, 0.15) is 0 Å². The predicted octanol–water partition coefficient (Wildman–Crippen LogP) is 3.24. The molecule has 0 spiro atoms. The molecule has 1 saturated carbocycles. The number of aromatic nitrogens is 2. The van der Waals surface area contributed by atoms with Crippen LogP contribution in [0.25, 0.3) is 0 Å². The Hall–Kier alpha value is -3.61. The van der Waals surface area contributed by atoms with Crippen molar-refractivity contribution in [1.29, 1.82) is 0 Å². The average Bonchev–Trinajstić information content (AvgIpc) is 2.84. The van der Waals surface area contributed by atoms with E-state index in [2.05, 4.69) is 17.4 Å². The van der Waals surface area contributed by atoms with Crippen LogP contribution < -0.4 is 16.6 Å². The summed E-state index contributed by atoms with van der Waals surface area (Å²) in [6.45, 7) is 1.84. The van der Waals surface area contributed by atoms with Gasteiger partial charge in [-0.3, -0.25) is 18.7 Å². The summed E-state index contributed by atoms with van der Waals surface area (Å²) in [5.74, 6) is -0.829. The van der Waals surface area contributed by atoms with Crippen molar-refractivity contribution in [1.82, 2.24) is 14.5 Å². The lowest BCUT2D eigenvalue weighted by Crippen LogP contribution is -2.45. The zero-order valence-corrected chi connectivity index (χ0v) is 18.7. The maximum Gasteiger partial charge on any atom is 0.332 e. The molecule has 0 atom stereocenters. The largest absolute Gasteiger partial charge is 0.501 e. The Morgan fingerprint density at radius 3 is 2.15 bits per heavy atom. The summed E-state index contributed by atoms with van der Waals surface area (Å²) in [4.78, 5) is 38.8. The van der Waals surface area contributed by atoms with Gasteiger partial charge in [-0.05, 0) is 49.7 Å². The molecule has 1 amide bonds. The number of amides is 1. The fourth-order valence-corrected chi connectivity index (χ4v) is 4.66. The molecule has 3 aromatic rings. The highest BCUT2D eigenvalue weighted by Gasteiger charge is 2.28. The first-order chi connectivity index (χ1) is 16.0. The Kier molecular flexibility index (Phi) is 6.77. The number of aromatic hydroxyl groups is 1. The van der Waals surface area contributed by atoms with Gasteiger partial charge >= 0.3 is 5.69 Å². The van der Waals surface area contributed by atoms with E-state index < -0.39 is 22.9 Å². The van der Waals surface area contributed by atoms with Crippen molar-refractivity contribution in [3.05, 3.63) is 98.3 Å². The number of carbonyl (C=O) groups is 1. The van der Waals surface area contributed by atoms with Crippen molar-refractivity contribution in [3.8, 4) is 5.75 Å². The Morgan fingerprint density at radius 1 is 0.939 bits per heavy atom. The quantitative estimate of drug-likeness (QED) is 0.607. The Balaban J connectivity index is 1.58. The van der Waals surface area contributed by atoms with Crippen LogP contribution in [0.4, 0.5) is 0 Å². The normalized spacial score (nSPS) is 18.1. The topological polar surface area (TPSA) is 93.3 Å². The van der Waals surface area contributed by atoms with E-state index in [0.29, 0.717) is 5.92 Å². The maximum absolute atomic E-state index is 13.2. The minimum atomic E-state index is -0.843. The monoisotopic (exact) mass is 447 g/mol. The van der Waals surface area contributed by atoms with Crippen LogP contribution in [0.1, 0.15) is 60.1 Å². The number of carbonyl (C=O) groups excluding carboxylic acids is 1. The zero-order valence-electron chi connectivity index (χ0n) is 18.7. The van der Waals surface area contributed by atoms with E-state index in [9.17, 15) is 19.5 Å². The lowest BCUT2D eigenvalue weighted by atomic mass is 9.82. The number of nitrogens with zero attached hydrogens (tertiary/aromatic N) is 2. The summed E-state index contributed by atoms with van der Waals surface area (Å²) >= 11 is 0. The van der Waals surface area contributed by atoms with E-state index in [1.807, 2.05) is 48.5 Å². The molecule has 1 heterocycles. The van der Waals surface area contributed by atoms with E-state index in [-0.39, 0.29) is 24.8 Å². The van der Waals surface area contributed by atoms with Gasteiger partial charge in [0.2, 0.25) is 5.75 Å². The third kappa shape index (κ3) is 4.77. The molecule has 1 fully saturated rings. The lowest BCUT2D eigenvalue weighted by Gasteiger charge is -2.29. The van der Waals surface area contributed by atoms with Gasteiger partial charge in [-0.25, -0.2) is 4.79 Å². The summed E-state index contributed by atoms with van der Waals surface area (Å²) in [7, 11) is 0. The second kappa shape index (κ2) is 9.90. The van der Waals surface area contributed by atoms with Crippen LogP contribution in [0.3, 0.4) is 0 Å². The van der Waals surface area contributed by atoms with Crippen LogP contribution in [0.5, 0.6) is 5.75 Å². The van der Waals surface area contributed by atoms with Crippen LogP contribution in [0, 0.1) is 0 Å². The van der Waals surface area contributed by atoms with Crippen molar-refractivity contribution in [2.75, 3.05) is 0 Å². The molecule has 33 heavy (non-hydrogen) atoms. The number of rotatable bonds is 6. The standard InChI is InChI=1S/C26H29N3O4/c1-2-28-25(32)23(30)22(29(26(28)33)17-18-9-5-3-6-10-18)24(31)27-21-15-13-20(14-16-21)19-11-7-4-8-12-19/h3-12,20-21,30H,2,13-17H2,1H3,(H,27,31)/t20-,21+. The van der Waals surface area contributed by atoms with Gasteiger partial charge in [0.05, 0.1) is 6.54 Å². The van der Waals surface area contributed by atoms with Gasteiger partial charge in [0.25, 0.3) is 11.5 Å². The van der Waals surface area contributed by atoms with Crippen LogP contribution in [0.15, 0.2) is 70.3 Å². The molecule has 7 heteroatoms. The molecule has 2 N–H and O–H groups in total. The summed E-state index contributed by atoms with van der Waals surface area (Å²) in [5, 5.41) is 13.6. The first kappa shape index (κ1) is 22.6. The van der Waals surface area contributed by atoms with Gasteiger partial charge in [0.15, 0.2) is 5.69 Å². The number of hydrogen-bond donors (Lipinski definition) is 2. The van der Waals surface area contributed by atoms with Gasteiger partial charge in [0, 0.05) is 12.6 Å². The fourth-order valence-electron chi connectivity index (χ4n) is 4.66. The summed E-state index contributed by atoms with van der Waals surface area (Å²) in [6.07, 6.45) is 3.46. The molecule has 7 nitrogen and oxygen atoms in total. The molecule has 2 aromatic carbocycles. The molecule has 4 rings (SSSR count). The number of hydrogen-bond acceptors (Lipinski definition) is 4. The Bertz CT molecular complexity index is 1220. The smallest absolute Gasteiger partial charge is 0.332 e. The Labute approximate surface area is 192 Å². The molecular formula is C26H29N3O4. The molecule has 172 valence electrons. The van der Waals surface area contributed by atoms with Crippen LogP contribution >= 0.6 is 0 Å². The molecule has 0 saturated heterocycles. The van der Waals surface area contributed by atoms with Crippen LogP contribution in [-0.2, 0) is 13.1 Å². The van der Waals surface area contributed by atoms with Gasteiger partial charge < -0.3 is 10.4 Å². The van der Waals surface area contributed by atoms with E-state index in [1.54, 1.807) is 6.92 Å². The van der Waals surface area contributed by atoms with Crippen LogP contribution in [0.2, 0.25) is 0 Å². The molecular weight excluding hydrogens is 418 g/mol. The highest BCUT2D eigenvalue weighted by atomic mass is 16.3. The van der Waals surface area contributed by atoms with Gasteiger partial charge in [-0.1, -0.05) is 60.7 Å². The zero-order chi connectivity index (χ0) is 23.4. The first-order valence-corrected chi connectivity index (χ1v) is 11.5. The highest BCUT2D eigenvalue weighted by molar-refractivity contribution is 5.95. The summed E-state index contributed by atoms with van der Waals surface area (Å²) in [6, 6.07) is 19.5. The molecule has 0 aliphatic heterocycles. The molecule has 0 radical (unpaired) electrons. The van der Waals surface area contributed by atoms with E-state index in [1.165, 1.54) is 10.1 Å².